The van der Waals surface area contributed by atoms with Crippen molar-refractivity contribution in [1.29, 1.82) is 10.5 Å². The van der Waals surface area contributed by atoms with E-state index in [9.17, 15) is 26.3 Å². The Morgan fingerprint density at radius 3 is 2.22 bits per heavy atom. The Morgan fingerprint density at radius 2 is 1.66 bits per heavy atom. The Balaban J connectivity index is 1.74. The molecule has 0 amide bonds. The predicted octanol–water partition coefficient (Wildman–Crippen LogP) is 5.04. The minimum Gasteiger partial charge on any atom is -0.375 e. The predicted molar refractivity (Wildman–Crippen MR) is 101 cm³/mol. The molecule has 2 aromatic rings. The van der Waals surface area contributed by atoms with Crippen molar-refractivity contribution in [1.82, 2.24) is 5.32 Å². The summed E-state index contributed by atoms with van der Waals surface area (Å²) in [6, 6.07) is 9.80. The molecule has 3 rings (SSSR count). The minimum atomic E-state index is -4.86. The van der Waals surface area contributed by atoms with E-state index in [1.165, 1.54) is 6.07 Å². The maximum absolute atomic E-state index is 13.6. The summed E-state index contributed by atoms with van der Waals surface area (Å²) < 4.78 is 86.1. The minimum absolute atomic E-state index is 0.0779. The van der Waals surface area contributed by atoms with Gasteiger partial charge in [0.15, 0.2) is 0 Å². The van der Waals surface area contributed by atoms with Crippen LogP contribution in [0.4, 0.5) is 26.3 Å². The van der Waals surface area contributed by atoms with Gasteiger partial charge in [0.1, 0.15) is 6.04 Å². The second-order valence-corrected chi connectivity index (χ2v) is 7.46. The van der Waals surface area contributed by atoms with Crippen molar-refractivity contribution in [2.24, 2.45) is 0 Å². The van der Waals surface area contributed by atoms with E-state index in [1.807, 2.05) is 6.07 Å². The van der Waals surface area contributed by atoms with Crippen molar-refractivity contribution >= 4 is 0 Å². The summed E-state index contributed by atoms with van der Waals surface area (Å²) in [7, 11) is 0. The molecular formula is C22H17F6N3O. The van der Waals surface area contributed by atoms with E-state index in [0.717, 1.165) is 17.7 Å². The first kappa shape index (κ1) is 23.6. The zero-order valence-corrected chi connectivity index (χ0v) is 16.5. The van der Waals surface area contributed by atoms with Gasteiger partial charge in [-0.05, 0) is 41.8 Å². The van der Waals surface area contributed by atoms with Gasteiger partial charge in [-0.15, -0.1) is 0 Å². The van der Waals surface area contributed by atoms with E-state index in [1.54, 1.807) is 24.3 Å². The molecule has 10 heteroatoms. The van der Waals surface area contributed by atoms with Gasteiger partial charge in [0.2, 0.25) is 0 Å². The lowest BCUT2D eigenvalue weighted by molar-refractivity contribution is -0.156. The van der Waals surface area contributed by atoms with Crippen molar-refractivity contribution in [3.05, 3.63) is 70.3 Å². The maximum Gasteiger partial charge on any atom is 0.417 e. The summed E-state index contributed by atoms with van der Waals surface area (Å²) in [5, 5.41) is 20.1. The molecule has 0 saturated carbocycles. The molecule has 1 aliphatic rings. The molecule has 0 bridgehead atoms. The smallest absolute Gasteiger partial charge is 0.375 e. The molecule has 1 fully saturated rings. The highest BCUT2D eigenvalue weighted by Crippen LogP contribution is 2.42. The van der Waals surface area contributed by atoms with Crippen LogP contribution in [-0.2, 0) is 17.5 Å². The zero-order valence-electron chi connectivity index (χ0n) is 16.5. The third-order valence-electron chi connectivity index (χ3n) is 5.28. The van der Waals surface area contributed by atoms with Crippen LogP contribution in [0.15, 0.2) is 42.5 Å². The molecule has 0 aromatic heterocycles. The van der Waals surface area contributed by atoms with Gasteiger partial charge < -0.3 is 10.1 Å². The van der Waals surface area contributed by atoms with E-state index in [4.69, 9.17) is 15.3 Å². The van der Waals surface area contributed by atoms with Crippen LogP contribution >= 0.6 is 0 Å². The lowest BCUT2D eigenvalue weighted by Crippen LogP contribution is -2.44. The zero-order chi connectivity index (χ0) is 23.5. The number of nitrogens with zero attached hydrogens (tertiary/aromatic N) is 2. The molecule has 1 unspecified atom stereocenters. The van der Waals surface area contributed by atoms with E-state index >= 15 is 0 Å². The number of hydrogen-bond donors (Lipinski definition) is 1. The summed E-state index contributed by atoms with van der Waals surface area (Å²) in [5.41, 5.74) is -0.840. The number of ether oxygens (including phenoxy) is 1. The van der Waals surface area contributed by atoms with E-state index in [0.29, 0.717) is 11.6 Å². The molecule has 4 nitrogen and oxygen atoms in total. The van der Waals surface area contributed by atoms with Crippen molar-refractivity contribution in [3.8, 4) is 12.1 Å². The Kier molecular flexibility index (Phi) is 6.77. The first-order valence-electron chi connectivity index (χ1n) is 9.53. The van der Waals surface area contributed by atoms with Crippen LogP contribution in [0.1, 0.15) is 40.2 Å². The van der Waals surface area contributed by atoms with Crippen molar-refractivity contribution in [3.63, 3.8) is 0 Å². The van der Waals surface area contributed by atoms with Gasteiger partial charge in [-0.2, -0.15) is 36.9 Å². The standard InChI is InChI=1S/C22H17F6N3O/c23-21(24,25)19-7-15(5-6-16(19)10-30)18-8-17(31-20(18)22(26,27)28)12-32-11-14-3-1-13(9-29)2-4-14/h1-7,17-18,20,31H,8,11-12H2/t17-,18?,20+/m1/s1. The fourth-order valence-corrected chi connectivity index (χ4v) is 3.77. The number of rotatable bonds is 5. The quantitative estimate of drug-likeness (QED) is 0.644. The Morgan fingerprint density at radius 1 is 0.969 bits per heavy atom. The molecule has 168 valence electrons. The van der Waals surface area contributed by atoms with Crippen molar-refractivity contribution in [2.75, 3.05) is 6.61 Å². The largest absolute Gasteiger partial charge is 0.417 e. The number of nitriles is 2. The maximum atomic E-state index is 13.6. The van der Waals surface area contributed by atoms with Gasteiger partial charge in [-0.3, -0.25) is 0 Å². The average Bonchev–Trinajstić information content (AvgIpc) is 3.18. The first-order valence-corrected chi connectivity index (χ1v) is 9.53. The van der Waals surface area contributed by atoms with Crippen molar-refractivity contribution in [2.45, 2.75) is 43.4 Å². The van der Waals surface area contributed by atoms with Crippen LogP contribution in [0, 0.1) is 22.7 Å². The van der Waals surface area contributed by atoms with Crippen LogP contribution in [-0.4, -0.2) is 24.9 Å². The topological polar surface area (TPSA) is 68.8 Å². The molecule has 1 heterocycles. The molecule has 1 N–H and O–H groups in total. The molecule has 1 aliphatic heterocycles. The highest BCUT2D eigenvalue weighted by Gasteiger charge is 2.50. The number of alkyl halides is 6. The number of benzene rings is 2. The highest BCUT2D eigenvalue weighted by molar-refractivity contribution is 5.43. The van der Waals surface area contributed by atoms with Gasteiger partial charge in [0.05, 0.1) is 42.0 Å². The number of nitrogens with one attached hydrogen (secondary N) is 1. The van der Waals surface area contributed by atoms with Crippen LogP contribution in [0.3, 0.4) is 0 Å². The molecule has 0 spiro atoms. The summed E-state index contributed by atoms with van der Waals surface area (Å²) >= 11 is 0. The lowest BCUT2D eigenvalue weighted by atomic mass is 9.88. The molecular weight excluding hydrogens is 436 g/mol. The first-order chi connectivity index (χ1) is 15.0. The van der Waals surface area contributed by atoms with Crippen LogP contribution < -0.4 is 5.32 Å². The number of hydrogen-bond acceptors (Lipinski definition) is 4. The van der Waals surface area contributed by atoms with Crippen LogP contribution in [0.25, 0.3) is 0 Å². The Hall–Kier alpha value is -3.08. The van der Waals surface area contributed by atoms with Crippen molar-refractivity contribution < 1.29 is 31.1 Å². The SMILES string of the molecule is N#Cc1ccc(COC[C@H]2CC(c3ccc(C#N)c(C(F)(F)F)c3)[C@@H](C(F)(F)F)N2)cc1. The normalized spacial score (nSPS) is 21.2. The Bertz CT molecular complexity index is 1030. The second kappa shape index (κ2) is 9.19. The summed E-state index contributed by atoms with van der Waals surface area (Å²) in [6.07, 6.45) is -9.62. The molecule has 0 radical (unpaired) electrons. The summed E-state index contributed by atoms with van der Waals surface area (Å²) in [5.74, 6) is -1.26. The van der Waals surface area contributed by atoms with E-state index < -0.39 is 41.5 Å². The summed E-state index contributed by atoms with van der Waals surface area (Å²) in [4.78, 5) is 0. The van der Waals surface area contributed by atoms with Gasteiger partial charge >= 0.3 is 12.4 Å². The lowest BCUT2D eigenvalue weighted by Gasteiger charge is -2.23. The molecule has 3 atom stereocenters. The van der Waals surface area contributed by atoms with Gasteiger partial charge in [-0.1, -0.05) is 18.2 Å². The molecule has 2 aromatic carbocycles. The molecule has 1 saturated heterocycles. The monoisotopic (exact) mass is 453 g/mol. The van der Waals surface area contributed by atoms with Gasteiger partial charge in [-0.25, -0.2) is 0 Å². The van der Waals surface area contributed by atoms with Gasteiger partial charge in [0.25, 0.3) is 0 Å². The fraction of sp³-hybridized carbons (Fsp3) is 0.364. The van der Waals surface area contributed by atoms with E-state index in [-0.39, 0.29) is 25.2 Å². The third kappa shape index (κ3) is 5.39. The summed E-state index contributed by atoms with van der Waals surface area (Å²) in [6.45, 7) is 0.0335. The Labute approximate surface area is 180 Å². The molecule has 0 aliphatic carbocycles. The highest BCUT2D eigenvalue weighted by atomic mass is 19.4. The van der Waals surface area contributed by atoms with Crippen LogP contribution in [0.2, 0.25) is 0 Å². The third-order valence-corrected chi connectivity index (χ3v) is 5.28. The van der Waals surface area contributed by atoms with E-state index in [2.05, 4.69) is 5.32 Å². The number of halogens is 6. The van der Waals surface area contributed by atoms with Crippen LogP contribution in [0.5, 0.6) is 0 Å². The second-order valence-electron chi connectivity index (χ2n) is 7.46. The average molecular weight is 453 g/mol. The van der Waals surface area contributed by atoms with Gasteiger partial charge in [0, 0.05) is 12.0 Å². The molecule has 32 heavy (non-hydrogen) atoms. The fourth-order valence-electron chi connectivity index (χ4n) is 3.77.